The molecule has 2 aromatic carbocycles. The largest absolute Gasteiger partial charge is 0.397 e. The molecule has 4 N–H and O–H groups in total. The Morgan fingerprint density at radius 2 is 1.83 bits per heavy atom. The van der Waals surface area contributed by atoms with Crippen molar-refractivity contribution in [2.24, 2.45) is 0 Å². The molecular formula is C23H27N2O3PS. The van der Waals surface area contributed by atoms with Crippen LogP contribution in [-0.4, -0.2) is 22.1 Å². The van der Waals surface area contributed by atoms with E-state index in [2.05, 4.69) is 5.32 Å². The summed E-state index contributed by atoms with van der Waals surface area (Å²) in [5.74, 6) is -0.250. The molecule has 30 heavy (non-hydrogen) atoms. The molecule has 3 aromatic rings. The summed E-state index contributed by atoms with van der Waals surface area (Å²) in [6.07, 6.45) is 0.490. The van der Waals surface area contributed by atoms with Crippen LogP contribution in [0.15, 0.2) is 60.0 Å². The van der Waals surface area contributed by atoms with Crippen LogP contribution < -0.4 is 11.1 Å². The Morgan fingerprint density at radius 3 is 2.43 bits per heavy atom. The number of nitrogens with two attached hydrogens (primary N) is 1. The first-order valence-corrected chi connectivity index (χ1v) is 12.5. The third-order valence-electron chi connectivity index (χ3n) is 5.23. The van der Waals surface area contributed by atoms with Crippen LogP contribution in [0.5, 0.6) is 0 Å². The molecule has 1 amide bonds. The molecule has 7 heteroatoms. The molecule has 3 rings (SSSR count). The van der Waals surface area contributed by atoms with Crippen molar-refractivity contribution in [3.05, 3.63) is 71.1 Å². The van der Waals surface area contributed by atoms with Crippen molar-refractivity contribution in [2.45, 2.75) is 38.5 Å². The zero-order chi connectivity index (χ0) is 21.9. The van der Waals surface area contributed by atoms with E-state index >= 15 is 0 Å². The summed E-state index contributed by atoms with van der Waals surface area (Å²) in [6, 6.07) is 16.7. The molecule has 0 fully saturated rings. The van der Waals surface area contributed by atoms with E-state index in [9.17, 15) is 14.3 Å². The number of hydrogen-bond donors (Lipinski definition) is 3. The molecule has 2 atom stereocenters. The van der Waals surface area contributed by atoms with E-state index in [0.29, 0.717) is 23.4 Å². The second-order valence-corrected chi connectivity index (χ2v) is 12.0. The van der Waals surface area contributed by atoms with Crippen molar-refractivity contribution in [1.29, 1.82) is 0 Å². The Hall–Kier alpha value is -2.40. The Labute approximate surface area is 181 Å². The summed E-state index contributed by atoms with van der Waals surface area (Å²) < 4.78 is 12.4. The summed E-state index contributed by atoms with van der Waals surface area (Å²) >= 11 is 1.62. The Kier molecular flexibility index (Phi) is 6.81. The van der Waals surface area contributed by atoms with E-state index in [1.165, 1.54) is 0 Å². The minimum absolute atomic E-state index is 0.250. The smallest absolute Gasteiger partial charge is 0.255 e. The van der Waals surface area contributed by atoms with Crippen LogP contribution in [0.1, 0.15) is 36.7 Å². The van der Waals surface area contributed by atoms with Gasteiger partial charge in [-0.25, -0.2) is 0 Å². The highest BCUT2D eigenvalue weighted by atomic mass is 32.1. The Balaban J connectivity index is 1.71. The first-order chi connectivity index (χ1) is 14.2. The molecule has 0 spiro atoms. The molecular weight excluding hydrogens is 415 g/mol. The molecule has 0 radical (unpaired) electrons. The maximum Gasteiger partial charge on any atom is 0.255 e. The van der Waals surface area contributed by atoms with Crippen LogP contribution in [0.25, 0.3) is 10.4 Å². The van der Waals surface area contributed by atoms with Crippen molar-refractivity contribution in [1.82, 2.24) is 0 Å². The number of carbonyl (C=O) groups is 1. The number of benzene rings is 2. The van der Waals surface area contributed by atoms with Gasteiger partial charge in [-0.3, -0.25) is 9.36 Å². The van der Waals surface area contributed by atoms with E-state index in [4.69, 9.17) is 5.73 Å². The van der Waals surface area contributed by atoms with Crippen LogP contribution in [0.2, 0.25) is 0 Å². The van der Waals surface area contributed by atoms with Crippen molar-refractivity contribution < 1.29 is 14.3 Å². The second-order valence-electron chi connectivity index (χ2n) is 7.75. The minimum Gasteiger partial charge on any atom is -0.397 e. The van der Waals surface area contributed by atoms with E-state index in [1.807, 2.05) is 41.8 Å². The average molecular weight is 443 g/mol. The lowest BCUT2D eigenvalue weighted by Gasteiger charge is -2.22. The summed E-state index contributed by atoms with van der Waals surface area (Å²) in [5, 5.41) is 4.89. The van der Waals surface area contributed by atoms with E-state index in [0.717, 1.165) is 16.0 Å². The van der Waals surface area contributed by atoms with Crippen LogP contribution >= 0.6 is 18.7 Å². The first-order valence-electron chi connectivity index (χ1n) is 9.84. The number of amides is 1. The Bertz CT molecular complexity index is 1060. The lowest BCUT2D eigenvalue weighted by molar-refractivity contribution is 0.102. The van der Waals surface area contributed by atoms with Crippen molar-refractivity contribution in [3.8, 4) is 10.4 Å². The van der Waals surface area contributed by atoms with Crippen molar-refractivity contribution >= 4 is 36.0 Å². The van der Waals surface area contributed by atoms with Gasteiger partial charge in [0.25, 0.3) is 5.91 Å². The van der Waals surface area contributed by atoms with Gasteiger partial charge in [-0.1, -0.05) is 45.0 Å². The monoisotopic (exact) mass is 442 g/mol. The van der Waals surface area contributed by atoms with Crippen LogP contribution in [0.3, 0.4) is 0 Å². The molecule has 0 aliphatic carbocycles. The number of rotatable bonds is 7. The molecule has 0 aliphatic heterocycles. The van der Waals surface area contributed by atoms with Crippen molar-refractivity contribution in [2.75, 3.05) is 11.1 Å². The van der Waals surface area contributed by atoms with Gasteiger partial charge in [0.2, 0.25) is 7.37 Å². The predicted octanol–water partition coefficient (Wildman–Crippen LogP) is 5.86. The predicted molar refractivity (Wildman–Crippen MR) is 127 cm³/mol. The fraction of sp³-hybridized carbons (Fsp3) is 0.261. The maximum absolute atomic E-state index is 12.7. The highest BCUT2D eigenvalue weighted by Gasteiger charge is 2.30. The standard InChI is InChI=1S/C23H27N2O3PS/c1-15(2)29(27,28)16(3)13-17-6-8-18(9-7-17)23(26)25-21-14-19(10-11-20(21)24)22-5-4-12-30-22/h4-12,14-16H,13,24H2,1-3H3,(H,25,26)(H,27,28). The quantitative estimate of drug-likeness (QED) is 0.316. The van der Waals surface area contributed by atoms with Gasteiger partial charge in [-0.15, -0.1) is 11.3 Å². The fourth-order valence-corrected chi connectivity index (χ4v) is 5.44. The second kappa shape index (κ2) is 9.17. The number of anilines is 2. The van der Waals surface area contributed by atoms with E-state index < -0.39 is 7.37 Å². The van der Waals surface area contributed by atoms with Gasteiger partial charge < -0.3 is 15.9 Å². The molecule has 1 heterocycles. The van der Waals surface area contributed by atoms with Crippen LogP contribution in [0, 0.1) is 0 Å². The summed E-state index contributed by atoms with van der Waals surface area (Å²) in [5.41, 5.74) is 8.94. The lowest BCUT2D eigenvalue weighted by atomic mass is 10.1. The summed E-state index contributed by atoms with van der Waals surface area (Å²) in [7, 11) is -3.22. The minimum atomic E-state index is -3.22. The molecule has 0 saturated carbocycles. The van der Waals surface area contributed by atoms with Gasteiger partial charge in [0.1, 0.15) is 0 Å². The zero-order valence-corrected chi connectivity index (χ0v) is 19.0. The van der Waals surface area contributed by atoms with Gasteiger partial charge >= 0.3 is 0 Å². The van der Waals surface area contributed by atoms with E-state index in [-0.39, 0.29) is 17.2 Å². The molecule has 0 saturated heterocycles. The number of thiophene rings is 1. The molecule has 0 bridgehead atoms. The van der Waals surface area contributed by atoms with Gasteiger partial charge in [0, 0.05) is 21.8 Å². The maximum atomic E-state index is 12.7. The molecule has 2 unspecified atom stereocenters. The lowest BCUT2D eigenvalue weighted by Crippen LogP contribution is -2.15. The van der Waals surface area contributed by atoms with Gasteiger partial charge in [-0.05, 0) is 53.3 Å². The first kappa shape index (κ1) is 22.3. The zero-order valence-electron chi connectivity index (χ0n) is 17.3. The SMILES string of the molecule is CC(C)P(=O)(O)C(C)Cc1ccc(C(=O)Nc2cc(-c3cccs3)ccc2N)cc1. The molecule has 5 nitrogen and oxygen atoms in total. The summed E-state index contributed by atoms with van der Waals surface area (Å²) in [4.78, 5) is 24.0. The summed E-state index contributed by atoms with van der Waals surface area (Å²) in [6.45, 7) is 5.33. The average Bonchev–Trinajstić information content (AvgIpc) is 3.24. The number of hydrogen-bond acceptors (Lipinski definition) is 4. The fourth-order valence-electron chi connectivity index (χ4n) is 3.23. The topological polar surface area (TPSA) is 92.4 Å². The Morgan fingerprint density at radius 1 is 1.13 bits per heavy atom. The highest BCUT2D eigenvalue weighted by Crippen LogP contribution is 2.51. The normalized spacial score (nSPS) is 14.3. The highest BCUT2D eigenvalue weighted by molar-refractivity contribution is 7.59. The molecule has 158 valence electrons. The number of nitrogens with one attached hydrogen (secondary N) is 1. The molecule has 1 aromatic heterocycles. The van der Waals surface area contributed by atoms with E-state index in [1.54, 1.807) is 50.3 Å². The number of nitrogen functional groups attached to an aromatic ring is 1. The van der Waals surface area contributed by atoms with Gasteiger partial charge in [0.15, 0.2) is 0 Å². The van der Waals surface area contributed by atoms with Crippen LogP contribution in [-0.2, 0) is 11.0 Å². The van der Waals surface area contributed by atoms with Gasteiger partial charge in [-0.2, -0.15) is 0 Å². The third kappa shape index (κ3) is 5.01. The van der Waals surface area contributed by atoms with Gasteiger partial charge in [0.05, 0.1) is 11.4 Å². The van der Waals surface area contributed by atoms with Crippen molar-refractivity contribution in [3.63, 3.8) is 0 Å². The third-order valence-corrected chi connectivity index (χ3v) is 9.07. The van der Waals surface area contributed by atoms with Crippen LogP contribution in [0.4, 0.5) is 11.4 Å². The molecule has 0 aliphatic rings. The number of carbonyl (C=O) groups excluding carboxylic acids is 1.